The van der Waals surface area contributed by atoms with E-state index in [0.29, 0.717) is 32.5 Å². The molecule has 0 atom stereocenters. The van der Waals surface area contributed by atoms with E-state index in [-0.39, 0.29) is 11.7 Å². The number of piperazine rings is 1. The van der Waals surface area contributed by atoms with Gasteiger partial charge in [0.2, 0.25) is 5.91 Å². The van der Waals surface area contributed by atoms with Crippen LogP contribution in [0.15, 0.2) is 42.5 Å². The highest BCUT2D eigenvalue weighted by molar-refractivity contribution is 5.77. The largest absolute Gasteiger partial charge is 0.494 e. The van der Waals surface area contributed by atoms with Gasteiger partial charge in [0.05, 0.1) is 19.4 Å². The number of carbonyl (C=O) groups excluding carboxylic acids is 1. The van der Waals surface area contributed by atoms with Crippen LogP contribution in [0.2, 0.25) is 0 Å². The predicted molar refractivity (Wildman–Crippen MR) is 108 cm³/mol. The molecule has 1 saturated heterocycles. The van der Waals surface area contributed by atoms with Crippen LogP contribution in [0.5, 0.6) is 11.5 Å². The average Bonchev–Trinajstić information content (AvgIpc) is 2.73. The quantitative estimate of drug-likeness (QED) is 0.730. The smallest absolute Gasteiger partial charge is 0.223 e. The van der Waals surface area contributed by atoms with Crippen LogP contribution in [-0.2, 0) is 11.2 Å². The van der Waals surface area contributed by atoms with E-state index in [2.05, 4.69) is 11.0 Å². The molecule has 0 radical (unpaired) electrons. The van der Waals surface area contributed by atoms with Crippen molar-refractivity contribution in [3.05, 3.63) is 53.8 Å². The van der Waals surface area contributed by atoms with Crippen molar-refractivity contribution in [3.8, 4) is 11.5 Å². The number of nitrogens with zero attached hydrogens (tertiary/aromatic N) is 2. The fraction of sp³-hybridized carbons (Fsp3) is 0.409. The zero-order valence-corrected chi connectivity index (χ0v) is 16.5. The van der Waals surface area contributed by atoms with Crippen molar-refractivity contribution in [1.82, 2.24) is 4.90 Å². The molecular weight excluding hydrogens is 359 g/mol. The number of hydrogen-bond acceptors (Lipinski definition) is 4. The first-order valence-electron chi connectivity index (χ1n) is 9.69. The number of hydrogen-bond donors (Lipinski definition) is 0. The topological polar surface area (TPSA) is 42.0 Å². The minimum Gasteiger partial charge on any atom is -0.494 e. The summed E-state index contributed by atoms with van der Waals surface area (Å²) < 4.78 is 24.4. The molecule has 1 aliphatic heterocycles. The number of para-hydroxylation sites is 2. The first-order chi connectivity index (χ1) is 13.6. The van der Waals surface area contributed by atoms with Crippen LogP contribution in [0, 0.1) is 5.82 Å². The van der Waals surface area contributed by atoms with E-state index in [1.54, 1.807) is 12.1 Å². The molecule has 6 heteroatoms. The van der Waals surface area contributed by atoms with E-state index in [4.69, 9.17) is 9.47 Å². The van der Waals surface area contributed by atoms with Gasteiger partial charge in [-0.05, 0) is 43.2 Å². The molecule has 2 aromatic rings. The number of halogens is 1. The lowest BCUT2D eigenvalue weighted by atomic mass is 10.1. The lowest BCUT2D eigenvalue weighted by Gasteiger charge is -2.36. The highest BCUT2D eigenvalue weighted by Crippen LogP contribution is 2.29. The Kier molecular flexibility index (Phi) is 6.74. The van der Waals surface area contributed by atoms with E-state index < -0.39 is 5.82 Å². The number of benzene rings is 2. The molecule has 28 heavy (non-hydrogen) atoms. The zero-order chi connectivity index (χ0) is 19.9. The molecule has 150 valence electrons. The summed E-state index contributed by atoms with van der Waals surface area (Å²) in [6.45, 7) is 5.50. The molecule has 0 aliphatic carbocycles. The van der Waals surface area contributed by atoms with Gasteiger partial charge in [-0.1, -0.05) is 18.2 Å². The van der Waals surface area contributed by atoms with Crippen LogP contribution in [0.4, 0.5) is 10.1 Å². The standard InChI is InChI=1S/C22H27FN2O3/c1-3-28-21-7-5-4-6-19(21)24-12-14-25(15-13-24)22(26)11-9-17-8-10-20(27-2)18(23)16-17/h4-8,10,16H,3,9,11-15H2,1-2H3. The summed E-state index contributed by atoms with van der Waals surface area (Å²) in [6.07, 6.45) is 0.897. The molecule has 3 rings (SSSR count). The van der Waals surface area contributed by atoms with Crippen LogP contribution < -0.4 is 14.4 Å². The second kappa shape index (κ2) is 9.44. The third kappa shape index (κ3) is 4.74. The van der Waals surface area contributed by atoms with Gasteiger partial charge in [-0.2, -0.15) is 0 Å². The molecule has 0 bridgehead atoms. The number of ether oxygens (including phenoxy) is 2. The van der Waals surface area contributed by atoms with Crippen LogP contribution in [0.1, 0.15) is 18.9 Å². The number of rotatable bonds is 7. The number of amides is 1. The summed E-state index contributed by atoms with van der Waals surface area (Å²) in [5, 5.41) is 0. The fourth-order valence-electron chi connectivity index (χ4n) is 3.47. The van der Waals surface area contributed by atoms with Gasteiger partial charge >= 0.3 is 0 Å². The summed E-state index contributed by atoms with van der Waals surface area (Å²) in [5.74, 6) is 0.813. The van der Waals surface area contributed by atoms with Gasteiger partial charge in [0.25, 0.3) is 0 Å². The number of anilines is 1. The Morgan fingerprint density at radius 1 is 1.07 bits per heavy atom. The second-order valence-electron chi connectivity index (χ2n) is 6.74. The maximum atomic E-state index is 13.8. The highest BCUT2D eigenvalue weighted by Gasteiger charge is 2.22. The first-order valence-corrected chi connectivity index (χ1v) is 9.69. The van der Waals surface area contributed by atoms with E-state index >= 15 is 0 Å². The van der Waals surface area contributed by atoms with Crippen LogP contribution in [0.25, 0.3) is 0 Å². The Morgan fingerprint density at radius 3 is 2.50 bits per heavy atom. The zero-order valence-electron chi connectivity index (χ0n) is 16.5. The Bertz CT molecular complexity index is 804. The SMILES string of the molecule is CCOc1ccccc1N1CCN(C(=O)CCc2ccc(OC)c(F)c2)CC1. The molecule has 5 nitrogen and oxygen atoms in total. The Hall–Kier alpha value is -2.76. The highest BCUT2D eigenvalue weighted by atomic mass is 19.1. The second-order valence-corrected chi connectivity index (χ2v) is 6.74. The first kappa shape index (κ1) is 20.0. The molecular formula is C22H27FN2O3. The van der Waals surface area contributed by atoms with Crippen LogP contribution in [-0.4, -0.2) is 50.7 Å². The number of aryl methyl sites for hydroxylation is 1. The molecule has 0 unspecified atom stereocenters. The lowest BCUT2D eigenvalue weighted by Crippen LogP contribution is -2.49. The number of carbonyl (C=O) groups is 1. The molecule has 1 amide bonds. The van der Waals surface area contributed by atoms with Gasteiger partial charge in [0, 0.05) is 32.6 Å². The van der Waals surface area contributed by atoms with Crippen molar-refractivity contribution in [2.75, 3.05) is 44.8 Å². The van der Waals surface area contributed by atoms with Gasteiger partial charge in [-0.3, -0.25) is 4.79 Å². The van der Waals surface area contributed by atoms with Crippen LogP contribution in [0.3, 0.4) is 0 Å². The molecule has 1 heterocycles. The monoisotopic (exact) mass is 386 g/mol. The molecule has 0 aromatic heterocycles. The van der Waals surface area contributed by atoms with Crippen LogP contribution >= 0.6 is 0 Å². The lowest BCUT2D eigenvalue weighted by molar-refractivity contribution is -0.131. The number of methoxy groups -OCH3 is 1. The van der Waals surface area contributed by atoms with Gasteiger partial charge in [-0.15, -0.1) is 0 Å². The third-order valence-electron chi connectivity index (χ3n) is 4.98. The van der Waals surface area contributed by atoms with Gasteiger partial charge in [-0.25, -0.2) is 4.39 Å². The fourth-order valence-corrected chi connectivity index (χ4v) is 3.47. The van der Waals surface area contributed by atoms with Gasteiger partial charge in [0.15, 0.2) is 11.6 Å². The maximum Gasteiger partial charge on any atom is 0.223 e. The molecule has 0 spiro atoms. The van der Waals surface area contributed by atoms with Crippen molar-refractivity contribution in [2.24, 2.45) is 0 Å². The third-order valence-corrected chi connectivity index (χ3v) is 4.98. The Labute approximate surface area is 165 Å². The van der Waals surface area contributed by atoms with E-state index in [0.717, 1.165) is 30.1 Å². The Balaban J connectivity index is 1.52. The predicted octanol–water partition coefficient (Wildman–Crippen LogP) is 3.51. The normalized spacial score (nSPS) is 14.1. The minimum atomic E-state index is -0.394. The van der Waals surface area contributed by atoms with Crippen molar-refractivity contribution >= 4 is 11.6 Å². The molecule has 1 aliphatic rings. The Morgan fingerprint density at radius 2 is 1.82 bits per heavy atom. The molecule has 0 saturated carbocycles. The van der Waals surface area contributed by atoms with E-state index in [9.17, 15) is 9.18 Å². The van der Waals surface area contributed by atoms with Gasteiger partial charge < -0.3 is 19.3 Å². The molecule has 0 N–H and O–H groups in total. The van der Waals surface area contributed by atoms with Crippen molar-refractivity contribution in [2.45, 2.75) is 19.8 Å². The summed E-state index contributed by atoms with van der Waals surface area (Å²) in [6, 6.07) is 12.8. The summed E-state index contributed by atoms with van der Waals surface area (Å²) in [5.41, 5.74) is 1.88. The summed E-state index contributed by atoms with van der Waals surface area (Å²) in [7, 11) is 1.44. The average molecular weight is 386 g/mol. The summed E-state index contributed by atoms with van der Waals surface area (Å²) in [4.78, 5) is 16.7. The van der Waals surface area contributed by atoms with Crippen molar-refractivity contribution < 1.29 is 18.7 Å². The molecule has 2 aromatic carbocycles. The van der Waals surface area contributed by atoms with Crippen molar-refractivity contribution in [1.29, 1.82) is 0 Å². The minimum absolute atomic E-state index is 0.106. The van der Waals surface area contributed by atoms with Gasteiger partial charge in [0.1, 0.15) is 5.75 Å². The van der Waals surface area contributed by atoms with E-state index in [1.807, 2.05) is 30.0 Å². The van der Waals surface area contributed by atoms with E-state index in [1.165, 1.54) is 13.2 Å². The maximum absolute atomic E-state index is 13.8. The summed E-state index contributed by atoms with van der Waals surface area (Å²) >= 11 is 0. The molecule has 1 fully saturated rings. The van der Waals surface area contributed by atoms with Crippen molar-refractivity contribution in [3.63, 3.8) is 0 Å².